The van der Waals surface area contributed by atoms with Crippen LogP contribution in [0.2, 0.25) is 0 Å². The van der Waals surface area contributed by atoms with Crippen molar-refractivity contribution in [2.24, 2.45) is 5.92 Å². The van der Waals surface area contributed by atoms with Crippen LogP contribution in [0.5, 0.6) is 0 Å². The Bertz CT molecular complexity index is 336. The Morgan fingerprint density at radius 1 is 1.09 bits per heavy atom. The number of nitrogens with zero attached hydrogens (tertiary/aromatic N) is 2. The molecule has 0 aromatic carbocycles. The Morgan fingerprint density at radius 3 is 2.18 bits per heavy atom. The van der Waals surface area contributed by atoms with Gasteiger partial charge in [0.05, 0.1) is 7.11 Å². The minimum absolute atomic E-state index is 0.158. The van der Waals surface area contributed by atoms with Crippen LogP contribution in [0.15, 0.2) is 0 Å². The zero-order valence-electron chi connectivity index (χ0n) is 14.3. The molecule has 0 spiro atoms. The van der Waals surface area contributed by atoms with Gasteiger partial charge in [-0.3, -0.25) is 9.69 Å². The summed E-state index contributed by atoms with van der Waals surface area (Å²) in [4.78, 5) is 27.5. The first-order valence-electron chi connectivity index (χ1n) is 8.45. The van der Waals surface area contributed by atoms with E-state index < -0.39 is 0 Å². The molecule has 2 amide bonds. The third-order valence-electron chi connectivity index (χ3n) is 4.18. The Balaban J connectivity index is 2.22. The van der Waals surface area contributed by atoms with E-state index in [-0.39, 0.29) is 17.9 Å². The first kappa shape index (κ1) is 18.7. The third kappa shape index (κ3) is 6.22. The van der Waals surface area contributed by atoms with E-state index >= 15 is 0 Å². The summed E-state index contributed by atoms with van der Waals surface area (Å²) in [6.45, 7) is 8.81. The smallest absolute Gasteiger partial charge is 0.409 e. The van der Waals surface area contributed by atoms with Gasteiger partial charge in [-0.05, 0) is 12.8 Å². The van der Waals surface area contributed by atoms with Gasteiger partial charge in [-0.25, -0.2) is 4.79 Å². The molecule has 1 rings (SSSR count). The number of carbonyl (C=O) groups excluding carboxylic acids is 2. The number of hydrogen-bond acceptors (Lipinski definition) is 4. The lowest BCUT2D eigenvalue weighted by molar-refractivity contribution is -0.125. The monoisotopic (exact) mass is 313 g/mol. The Hall–Kier alpha value is -1.30. The molecule has 0 aliphatic carbocycles. The SMILES string of the molecule is CCCC(CCC)C(=O)NCCN1CCN(C(=O)OC)CC1. The normalized spacial score (nSPS) is 15.9. The average molecular weight is 313 g/mol. The maximum absolute atomic E-state index is 12.1. The van der Waals surface area contributed by atoms with E-state index in [4.69, 9.17) is 4.74 Å². The van der Waals surface area contributed by atoms with E-state index in [0.29, 0.717) is 19.6 Å². The molecule has 6 nitrogen and oxygen atoms in total. The number of nitrogens with one attached hydrogen (secondary N) is 1. The summed E-state index contributed by atoms with van der Waals surface area (Å²) >= 11 is 0. The van der Waals surface area contributed by atoms with Gasteiger partial charge in [0.15, 0.2) is 0 Å². The van der Waals surface area contributed by atoms with Crippen LogP contribution in [0.1, 0.15) is 39.5 Å². The van der Waals surface area contributed by atoms with Gasteiger partial charge in [0.25, 0.3) is 0 Å². The summed E-state index contributed by atoms with van der Waals surface area (Å²) in [5, 5.41) is 3.06. The molecule has 0 atom stereocenters. The van der Waals surface area contributed by atoms with Gasteiger partial charge >= 0.3 is 6.09 Å². The van der Waals surface area contributed by atoms with Crippen molar-refractivity contribution in [1.29, 1.82) is 0 Å². The van der Waals surface area contributed by atoms with E-state index in [1.165, 1.54) is 7.11 Å². The zero-order chi connectivity index (χ0) is 16.4. The van der Waals surface area contributed by atoms with Crippen LogP contribution in [0.3, 0.4) is 0 Å². The molecule has 0 unspecified atom stereocenters. The maximum atomic E-state index is 12.1. The minimum Gasteiger partial charge on any atom is -0.453 e. The zero-order valence-corrected chi connectivity index (χ0v) is 14.3. The van der Waals surface area contributed by atoms with Crippen LogP contribution in [0.4, 0.5) is 4.79 Å². The van der Waals surface area contributed by atoms with Gasteiger partial charge < -0.3 is 15.0 Å². The van der Waals surface area contributed by atoms with Gasteiger partial charge in [-0.1, -0.05) is 26.7 Å². The van der Waals surface area contributed by atoms with Crippen molar-refractivity contribution in [3.05, 3.63) is 0 Å². The fraction of sp³-hybridized carbons (Fsp3) is 0.875. The van der Waals surface area contributed by atoms with Crippen molar-refractivity contribution in [3.8, 4) is 0 Å². The van der Waals surface area contributed by atoms with Gasteiger partial charge in [0, 0.05) is 45.2 Å². The van der Waals surface area contributed by atoms with Crippen molar-refractivity contribution >= 4 is 12.0 Å². The molecule has 0 aromatic rings. The third-order valence-corrected chi connectivity index (χ3v) is 4.18. The van der Waals surface area contributed by atoms with Crippen LogP contribution in [-0.2, 0) is 9.53 Å². The summed E-state index contributed by atoms with van der Waals surface area (Å²) in [7, 11) is 1.41. The standard InChI is InChI=1S/C16H31N3O3/c1-4-6-14(7-5-2)15(20)17-8-9-18-10-12-19(13-11-18)16(21)22-3/h14H,4-13H2,1-3H3,(H,17,20). The van der Waals surface area contributed by atoms with Crippen LogP contribution in [0.25, 0.3) is 0 Å². The number of piperazine rings is 1. The molecule has 0 radical (unpaired) electrons. The lowest BCUT2D eigenvalue weighted by Crippen LogP contribution is -2.50. The number of carbonyl (C=O) groups is 2. The molecule has 1 aliphatic heterocycles. The fourth-order valence-electron chi connectivity index (χ4n) is 2.87. The van der Waals surface area contributed by atoms with Crippen LogP contribution >= 0.6 is 0 Å². The molecular formula is C16H31N3O3. The number of ether oxygens (including phenoxy) is 1. The van der Waals surface area contributed by atoms with Gasteiger partial charge in [-0.15, -0.1) is 0 Å². The van der Waals surface area contributed by atoms with Crippen LogP contribution < -0.4 is 5.32 Å². The highest BCUT2D eigenvalue weighted by molar-refractivity contribution is 5.78. The summed E-state index contributed by atoms with van der Waals surface area (Å²) in [5.74, 6) is 0.350. The molecule has 1 saturated heterocycles. The van der Waals surface area contributed by atoms with Gasteiger partial charge in [0.1, 0.15) is 0 Å². The highest BCUT2D eigenvalue weighted by Gasteiger charge is 2.21. The molecule has 1 aliphatic rings. The van der Waals surface area contributed by atoms with E-state index in [0.717, 1.165) is 45.3 Å². The van der Waals surface area contributed by atoms with E-state index in [9.17, 15) is 9.59 Å². The van der Waals surface area contributed by atoms with Crippen LogP contribution in [-0.4, -0.2) is 68.2 Å². The van der Waals surface area contributed by atoms with Crippen molar-refractivity contribution in [1.82, 2.24) is 15.1 Å². The minimum atomic E-state index is -0.255. The first-order chi connectivity index (χ1) is 10.6. The van der Waals surface area contributed by atoms with Crippen molar-refractivity contribution in [2.75, 3.05) is 46.4 Å². The molecule has 22 heavy (non-hydrogen) atoms. The molecule has 1 fully saturated rings. The molecule has 1 heterocycles. The van der Waals surface area contributed by atoms with E-state index in [2.05, 4.69) is 24.1 Å². The second-order valence-electron chi connectivity index (χ2n) is 5.86. The largest absolute Gasteiger partial charge is 0.453 e. The molecule has 0 saturated carbocycles. The molecular weight excluding hydrogens is 282 g/mol. The van der Waals surface area contributed by atoms with E-state index in [1.807, 2.05) is 0 Å². The van der Waals surface area contributed by atoms with Crippen molar-refractivity contribution in [2.45, 2.75) is 39.5 Å². The first-order valence-corrected chi connectivity index (χ1v) is 8.45. The molecule has 128 valence electrons. The fourth-order valence-corrected chi connectivity index (χ4v) is 2.87. The topological polar surface area (TPSA) is 61.9 Å². The average Bonchev–Trinajstić information content (AvgIpc) is 2.54. The summed E-state index contributed by atoms with van der Waals surface area (Å²) < 4.78 is 4.72. The Kier molecular flexibility index (Phi) is 8.89. The summed E-state index contributed by atoms with van der Waals surface area (Å²) in [6, 6.07) is 0. The molecule has 6 heteroatoms. The number of methoxy groups -OCH3 is 1. The molecule has 0 bridgehead atoms. The summed E-state index contributed by atoms with van der Waals surface area (Å²) in [5.41, 5.74) is 0. The van der Waals surface area contributed by atoms with Crippen molar-refractivity contribution in [3.63, 3.8) is 0 Å². The predicted molar refractivity (Wildman–Crippen MR) is 86.7 cm³/mol. The maximum Gasteiger partial charge on any atom is 0.409 e. The number of amides is 2. The Labute approximate surface area is 134 Å². The highest BCUT2D eigenvalue weighted by atomic mass is 16.5. The van der Waals surface area contributed by atoms with Crippen molar-refractivity contribution < 1.29 is 14.3 Å². The second-order valence-corrected chi connectivity index (χ2v) is 5.86. The lowest BCUT2D eigenvalue weighted by atomic mass is 9.97. The number of hydrogen-bond donors (Lipinski definition) is 1. The quantitative estimate of drug-likeness (QED) is 0.741. The number of rotatable bonds is 8. The highest BCUT2D eigenvalue weighted by Crippen LogP contribution is 2.13. The lowest BCUT2D eigenvalue weighted by Gasteiger charge is -2.33. The Morgan fingerprint density at radius 2 is 1.68 bits per heavy atom. The van der Waals surface area contributed by atoms with Gasteiger partial charge in [-0.2, -0.15) is 0 Å². The second kappa shape index (κ2) is 10.4. The van der Waals surface area contributed by atoms with E-state index in [1.54, 1.807) is 4.90 Å². The predicted octanol–water partition coefficient (Wildman–Crippen LogP) is 1.70. The van der Waals surface area contributed by atoms with Crippen LogP contribution in [0, 0.1) is 5.92 Å². The molecule has 0 aromatic heterocycles. The van der Waals surface area contributed by atoms with Gasteiger partial charge in [0.2, 0.25) is 5.91 Å². The molecule has 1 N–H and O–H groups in total. The summed E-state index contributed by atoms with van der Waals surface area (Å²) in [6.07, 6.45) is 3.78.